The summed E-state index contributed by atoms with van der Waals surface area (Å²) in [5, 5.41) is 2.90. The number of nitrogens with zero attached hydrogens (tertiary/aromatic N) is 1. The molecule has 0 bridgehead atoms. The van der Waals surface area contributed by atoms with E-state index in [0.717, 1.165) is 11.3 Å². The lowest BCUT2D eigenvalue weighted by Gasteiger charge is -2.25. The number of ketones is 1. The van der Waals surface area contributed by atoms with Crippen LogP contribution < -0.4 is 5.32 Å². The number of hydrogen-bond acceptors (Lipinski definition) is 3. The Morgan fingerprint density at radius 2 is 1.94 bits per heavy atom. The van der Waals surface area contributed by atoms with Crippen LogP contribution in [0.5, 0.6) is 0 Å². The second-order valence-corrected chi connectivity index (χ2v) is 4.68. The lowest BCUT2D eigenvalue weighted by molar-refractivity contribution is -0.124. The molecule has 1 fully saturated rings. The Labute approximate surface area is 107 Å². The molecule has 96 valence electrons. The summed E-state index contributed by atoms with van der Waals surface area (Å²) in [6, 6.07) is 7.71. The van der Waals surface area contributed by atoms with E-state index in [-0.39, 0.29) is 5.91 Å². The van der Waals surface area contributed by atoms with E-state index in [1.54, 1.807) is 0 Å². The third-order valence-electron chi connectivity index (χ3n) is 3.20. The van der Waals surface area contributed by atoms with Crippen molar-refractivity contribution in [2.45, 2.75) is 19.8 Å². The first kappa shape index (κ1) is 12.8. The molecular formula is C14H18N2O2. The molecule has 0 spiro atoms. The molecule has 1 aromatic rings. The molecule has 0 aromatic heterocycles. The van der Waals surface area contributed by atoms with E-state index in [1.165, 1.54) is 0 Å². The van der Waals surface area contributed by atoms with Gasteiger partial charge in [-0.25, -0.2) is 0 Å². The minimum atomic E-state index is -0.0151. The fourth-order valence-corrected chi connectivity index (χ4v) is 2.07. The lowest BCUT2D eigenvalue weighted by Crippen LogP contribution is -2.39. The van der Waals surface area contributed by atoms with Crippen molar-refractivity contribution < 1.29 is 9.59 Å². The van der Waals surface area contributed by atoms with Gasteiger partial charge in [0.1, 0.15) is 5.78 Å². The molecule has 18 heavy (non-hydrogen) atoms. The van der Waals surface area contributed by atoms with Crippen LogP contribution in [0.3, 0.4) is 0 Å². The van der Waals surface area contributed by atoms with Crippen molar-refractivity contribution in [1.82, 2.24) is 4.90 Å². The molecule has 4 heteroatoms. The largest absolute Gasteiger partial charge is 0.325 e. The van der Waals surface area contributed by atoms with Crippen molar-refractivity contribution in [3.05, 3.63) is 29.8 Å². The van der Waals surface area contributed by atoms with Crippen LogP contribution in [0.2, 0.25) is 0 Å². The summed E-state index contributed by atoms with van der Waals surface area (Å²) < 4.78 is 0. The first-order valence-electron chi connectivity index (χ1n) is 6.24. The van der Waals surface area contributed by atoms with Crippen molar-refractivity contribution in [2.24, 2.45) is 0 Å². The minimum Gasteiger partial charge on any atom is -0.325 e. The Morgan fingerprint density at radius 1 is 1.28 bits per heavy atom. The van der Waals surface area contributed by atoms with Gasteiger partial charge in [-0.1, -0.05) is 18.2 Å². The van der Waals surface area contributed by atoms with Crippen LogP contribution in [-0.4, -0.2) is 36.2 Å². The molecule has 1 aliphatic rings. The average Bonchev–Trinajstić information content (AvgIpc) is 2.35. The van der Waals surface area contributed by atoms with Crippen LogP contribution in [-0.2, 0) is 9.59 Å². The zero-order valence-electron chi connectivity index (χ0n) is 10.6. The molecule has 1 amide bonds. The number of anilines is 1. The average molecular weight is 246 g/mol. The van der Waals surface area contributed by atoms with Gasteiger partial charge < -0.3 is 5.32 Å². The van der Waals surface area contributed by atoms with E-state index in [9.17, 15) is 9.59 Å². The summed E-state index contributed by atoms with van der Waals surface area (Å²) >= 11 is 0. The Balaban J connectivity index is 1.86. The van der Waals surface area contributed by atoms with Crippen molar-refractivity contribution in [1.29, 1.82) is 0 Å². The van der Waals surface area contributed by atoms with Crippen LogP contribution in [0.4, 0.5) is 5.69 Å². The third-order valence-corrected chi connectivity index (χ3v) is 3.20. The Hall–Kier alpha value is -1.68. The zero-order chi connectivity index (χ0) is 13.0. The maximum absolute atomic E-state index is 11.9. The van der Waals surface area contributed by atoms with Gasteiger partial charge in [0.15, 0.2) is 0 Å². The van der Waals surface area contributed by atoms with E-state index in [0.29, 0.717) is 38.3 Å². The number of likely N-dealkylation sites (tertiary alicyclic amines) is 1. The van der Waals surface area contributed by atoms with Gasteiger partial charge in [-0.3, -0.25) is 14.5 Å². The molecule has 1 aromatic carbocycles. The fraction of sp³-hybridized carbons (Fsp3) is 0.429. The maximum atomic E-state index is 11.9. The molecule has 4 nitrogen and oxygen atoms in total. The Kier molecular flexibility index (Phi) is 4.10. The standard InChI is InChI=1S/C14H18N2O2/c1-11-4-2-3-5-13(11)15-14(18)10-16-8-6-12(17)7-9-16/h2-5H,6-10H2,1H3,(H,15,18). The summed E-state index contributed by atoms with van der Waals surface area (Å²) in [5.41, 5.74) is 1.91. The molecule has 1 N–H and O–H groups in total. The number of Topliss-reactive ketones (excluding diaryl/α,β-unsaturated/α-hetero) is 1. The topological polar surface area (TPSA) is 49.4 Å². The second kappa shape index (κ2) is 5.78. The zero-order valence-corrected chi connectivity index (χ0v) is 10.6. The molecule has 0 saturated carbocycles. The number of amides is 1. The number of nitrogens with one attached hydrogen (secondary N) is 1. The predicted molar refractivity (Wildman–Crippen MR) is 70.5 cm³/mol. The van der Waals surface area contributed by atoms with Crippen LogP contribution in [0.1, 0.15) is 18.4 Å². The first-order valence-corrected chi connectivity index (χ1v) is 6.24. The smallest absolute Gasteiger partial charge is 0.238 e. The second-order valence-electron chi connectivity index (χ2n) is 4.68. The monoisotopic (exact) mass is 246 g/mol. The van der Waals surface area contributed by atoms with Crippen LogP contribution in [0.25, 0.3) is 0 Å². The van der Waals surface area contributed by atoms with Gasteiger partial charge in [0.2, 0.25) is 5.91 Å². The summed E-state index contributed by atoms with van der Waals surface area (Å²) in [6.45, 7) is 3.72. The number of aryl methyl sites for hydroxylation is 1. The highest BCUT2D eigenvalue weighted by Crippen LogP contribution is 2.13. The van der Waals surface area contributed by atoms with Gasteiger partial charge >= 0.3 is 0 Å². The number of rotatable bonds is 3. The maximum Gasteiger partial charge on any atom is 0.238 e. The normalized spacial score (nSPS) is 16.6. The number of piperidine rings is 1. The van der Waals surface area contributed by atoms with Crippen LogP contribution in [0, 0.1) is 6.92 Å². The third kappa shape index (κ3) is 3.40. The van der Waals surface area contributed by atoms with Gasteiger partial charge in [-0.15, -0.1) is 0 Å². The number of hydrogen-bond donors (Lipinski definition) is 1. The highest BCUT2D eigenvalue weighted by Gasteiger charge is 2.18. The van der Waals surface area contributed by atoms with Gasteiger partial charge in [-0.2, -0.15) is 0 Å². The van der Waals surface area contributed by atoms with Crippen LogP contribution in [0.15, 0.2) is 24.3 Å². The number of carbonyl (C=O) groups is 2. The number of para-hydroxylation sites is 1. The Bertz CT molecular complexity index is 447. The summed E-state index contributed by atoms with van der Waals surface area (Å²) in [6.07, 6.45) is 1.13. The predicted octanol–water partition coefficient (Wildman–Crippen LogP) is 1.60. The summed E-state index contributed by atoms with van der Waals surface area (Å²) in [4.78, 5) is 25.0. The molecule has 0 unspecified atom stereocenters. The van der Waals surface area contributed by atoms with E-state index < -0.39 is 0 Å². The van der Waals surface area contributed by atoms with E-state index in [1.807, 2.05) is 36.1 Å². The molecule has 1 saturated heterocycles. The number of carbonyl (C=O) groups excluding carboxylic acids is 2. The first-order chi connectivity index (χ1) is 8.65. The van der Waals surface area contributed by atoms with Crippen molar-refractivity contribution in [2.75, 3.05) is 25.0 Å². The molecular weight excluding hydrogens is 228 g/mol. The van der Waals surface area contributed by atoms with Gasteiger partial charge in [0.05, 0.1) is 6.54 Å². The van der Waals surface area contributed by atoms with Crippen molar-refractivity contribution in [3.63, 3.8) is 0 Å². The highest BCUT2D eigenvalue weighted by atomic mass is 16.2. The molecule has 2 rings (SSSR count). The van der Waals surface area contributed by atoms with Gasteiger partial charge in [0.25, 0.3) is 0 Å². The highest BCUT2D eigenvalue weighted by molar-refractivity contribution is 5.93. The fourth-order valence-electron chi connectivity index (χ4n) is 2.07. The minimum absolute atomic E-state index is 0.0151. The molecule has 1 heterocycles. The molecule has 0 radical (unpaired) electrons. The summed E-state index contributed by atoms with van der Waals surface area (Å²) in [5.74, 6) is 0.282. The SMILES string of the molecule is Cc1ccccc1NC(=O)CN1CCC(=O)CC1. The van der Waals surface area contributed by atoms with Crippen LogP contribution >= 0.6 is 0 Å². The van der Waals surface area contributed by atoms with E-state index in [4.69, 9.17) is 0 Å². The lowest BCUT2D eigenvalue weighted by atomic mass is 10.1. The Morgan fingerprint density at radius 3 is 2.61 bits per heavy atom. The van der Waals surface area contributed by atoms with E-state index >= 15 is 0 Å². The van der Waals surface area contributed by atoms with Gasteiger partial charge in [-0.05, 0) is 18.6 Å². The van der Waals surface area contributed by atoms with Crippen molar-refractivity contribution in [3.8, 4) is 0 Å². The van der Waals surface area contributed by atoms with Gasteiger partial charge in [0, 0.05) is 31.6 Å². The quantitative estimate of drug-likeness (QED) is 0.881. The summed E-state index contributed by atoms with van der Waals surface area (Å²) in [7, 11) is 0. The number of benzene rings is 1. The van der Waals surface area contributed by atoms with E-state index in [2.05, 4.69) is 5.32 Å². The molecule has 0 aliphatic carbocycles. The molecule has 1 aliphatic heterocycles. The van der Waals surface area contributed by atoms with Crippen molar-refractivity contribution >= 4 is 17.4 Å². The molecule has 0 atom stereocenters.